The molecule has 1 saturated heterocycles. The highest BCUT2D eigenvalue weighted by molar-refractivity contribution is 4.78. The van der Waals surface area contributed by atoms with Gasteiger partial charge in [0.1, 0.15) is 0 Å². The molecule has 102 valence electrons. The van der Waals surface area contributed by atoms with Gasteiger partial charge in [0.2, 0.25) is 0 Å². The van der Waals surface area contributed by atoms with E-state index in [4.69, 9.17) is 0 Å². The molecule has 0 aromatic heterocycles. The Bertz CT molecular complexity index is 201. The van der Waals surface area contributed by atoms with Crippen molar-refractivity contribution in [2.75, 3.05) is 26.2 Å². The number of hydrogen-bond acceptors (Lipinski definition) is 2. The van der Waals surface area contributed by atoms with Gasteiger partial charge >= 0.3 is 0 Å². The lowest BCUT2D eigenvalue weighted by Crippen LogP contribution is -2.40. The van der Waals surface area contributed by atoms with E-state index in [2.05, 4.69) is 44.8 Å². The van der Waals surface area contributed by atoms with Crippen LogP contribution in [0, 0.1) is 17.8 Å². The second kappa shape index (κ2) is 7.38. The summed E-state index contributed by atoms with van der Waals surface area (Å²) < 4.78 is 0. The van der Waals surface area contributed by atoms with Crippen LogP contribution in [-0.4, -0.2) is 37.1 Å². The average molecular weight is 240 g/mol. The van der Waals surface area contributed by atoms with Gasteiger partial charge in [-0.15, -0.1) is 0 Å². The highest BCUT2D eigenvalue weighted by atomic mass is 15.2. The molecule has 1 fully saturated rings. The van der Waals surface area contributed by atoms with Crippen molar-refractivity contribution in [2.24, 2.45) is 17.8 Å². The minimum absolute atomic E-state index is 0.705. The van der Waals surface area contributed by atoms with Crippen LogP contribution in [0.25, 0.3) is 0 Å². The van der Waals surface area contributed by atoms with E-state index < -0.39 is 0 Å². The second-order valence-corrected chi connectivity index (χ2v) is 6.62. The monoisotopic (exact) mass is 240 g/mol. The van der Waals surface area contributed by atoms with Crippen LogP contribution in [0.3, 0.4) is 0 Å². The van der Waals surface area contributed by atoms with Crippen LogP contribution in [0.5, 0.6) is 0 Å². The first-order valence-electron chi connectivity index (χ1n) is 7.44. The van der Waals surface area contributed by atoms with Gasteiger partial charge in [-0.3, -0.25) is 0 Å². The second-order valence-electron chi connectivity index (χ2n) is 6.62. The first-order chi connectivity index (χ1) is 7.99. The molecule has 17 heavy (non-hydrogen) atoms. The number of rotatable bonds is 5. The molecule has 2 heteroatoms. The average Bonchev–Trinajstić information content (AvgIpc) is 2.42. The third-order valence-corrected chi connectivity index (χ3v) is 4.00. The fourth-order valence-electron chi connectivity index (χ4n) is 2.59. The topological polar surface area (TPSA) is 15.3 Å². The minimum Gasteiger partial charge on any atom is -0.313 e. The van der Waals surface area contributed by atoms with Gasteiger partial charge in [0, 0.05) is 19.1 Å². The summed E-state index contributed by atoms with van der Waals surface area (Å²) in [5, 5.41) is 3.70. The molecule has 1 N–H and O–H groups in total. The van der Waals surface area contributed by atoms with E-state index in [1.165, 1.54) is 39.0 Å². The van der Waals surface area contributed by atoms with Crippen LogP contribution in [0.15, 0.2) is 0 Å². The lowest BCUT2D eigenvalue weighted by molar-refractivity contribution is 0.202. The van der Waals surface area contributed by atoms with Crippen LogP contribution >= 0.6 is 0 Å². The fourth-order valence-corrected chi connectivity index (χ4v) is 2.59. The number of nitrogens with one attached hydrogen (secondary N) is 1. The summed E-state index contributed by atoms with van der Waals surface area (Å²) in [5.74, 6) is 2.41. The van der Waals surface area contributed by atoms with Gasteiger partial charge in [0.05, 0.1) is 0 Å². The third-order valence-electron chi connectivity index (χ3n) is 4.00. The molecule has 1 heterocycles. The summed E-state index contributed by atoms with van der Waals surface area (Å²) in [6, 6.07) is 0.705. The summed E-state index contributed by atoms with van der Waals surface area (Å²) in [6.07, 6.45) is 2.62. The van der Waals surface area contributed by atoms with Crippen molar-refractivity contribution in [3.8, 4) is 0 Å². The predicted octanol–water partition coefficient (Wildman–Crippen LogP) is 2.99. The Labute approximate surface area is 108 Å². The van der Waals surface area contributed by atoms with E-state index in [0.717, 1.165) is 17.8 Å². The first-order valence-corrected chi connectivity index (χ1v) is 7.44. The van der Waals surface area contributed by atoms with Gasteiger partial charge in [-0.05, 0) is 43.7 Å². The molecule has 0 spiro atoms. The molecule has 0 aliphatic carbocycles. The molecule has 0 bridgehead atoms. The van der Waals surface area contributed by atoms with Gasteiger partial charge in [-0.25, -0.2) is 0 Å². The standard InChI is InChI=1S/C15H32N2/c1-12(2)9-15-11-17(8-6-7-16-15)10-14(5)13(3)4/h12-16H,6-11H2,1-5H3. The molecule has 2 atom stereocenters. The molecule has 0 aromatic rings. The Kier molecular flexibility index (Phi) is 6.50. The normalized spacial score (nSPS) is 25.2. The van der Waals surface area contributed by atoms with E-state index >= 15 is 0 Å². The van der Waals surface area contributed by atoms with E-state index in [1.54, 1.807) is 0 Å². The fraction of sp³-hybridized carbons (Fsp3) is 1.00. The Morgan fingerprint density at radius 3 is 2.47 bits per heavy atom. The zero-order valence-corrected chi connectivity index (χ0v) is 12.5. The summed E-state index contributed by atoms with van der Waals surface area (Å²) >= 11 is 0. The van der Waals surface area contributed by atoms with Crippen molar-refractivity contribution in [3.05, 3.63) is 0 Å². The van der Waals surface area contributed by atoms with E-state index in [0.29, 0.717) is 6.04 Å². The zero-order chi connectivity index (χ0) is 12.8. The third kappa shape index (κ3) is 5.87. The predicted molar refractivity (Wildman–Crippen MR) is 76.3 cm³/mol. The van der Waals surface area contributed by atoms with E-state index in [9.17, 15) is 0 Å². The SMILES string of the molecule is CC(C)CC1CN(CC(C)C(C)C)CCCN1. The number of nitrogens with zero attached hydrogens (tertiary/aromatic N) is 1. The maximum atomic E-state index is 3.70. The van der Waals surface area contributed by atoms with Gasteiger partial charge in [-0.2, -0.15) is 0 Å². The molecule has 2 nitrogen and oxygen atoms in total. The van der Waals surface area contributed by atoms with Crippen LogP contribution < -0.4 is 5.32 Å². The van der Waals surface area contributed by atoms with Crippen LogP contribution in [0.1, 0.15) is 47.5 Å². The van der Waals surface area contributed by atoms with Gasteiger partial charge in [-0.1, -0.05) is 34.6 Å². The van der Waals surface area contributed by atoms with Gasteiger partial charge in [0.15, 0.2) is 0 Å². The van der Waals surface area contributed by atoms with Crippen molar-refractivity contribution >= 4 is 0 Å². The lowest BCUT2D eigenvalue weighted by atomic mass is 9.97. The molecule has 1 aliphatic heterocycles. The van der Waals surface area contributed by atoms with Crippen molar-refractivity contribution < 1.29 is 0 Å². The van der Waals surface area contributed by atoms with E-state index in [1.807, 2.05) is 0 Å². The summed E-state index contributed by atoms with van der Waals surface area (Å²) in [5.41, 5.74) is 0. The smallest absolute Gasteiger partial charge is 0.0197 e. The van der Waals surface area contributed by atoms with Crippen molar-refractivity contribution in [3.63, 3.8) is 0 Å². The van der Waals surface area contributed by atoms with Crippen molar-refractivity contribution in [1.29, 1.82) is 0 Å². The number of hydrogen-bond donors (Lipinski definition) is 1. The van der Waals surface area contributed by atoms with Crippen molar-refractivity contribution in [1.82, 2.24) is 10.2 Å². The highest BCUT2D eigenvalue weighted by Crippen LogP contribution is 2.15. The molecule has 2 unspecified atom stereocenters. The maximum absolute atomic E-state index is 3.70. The molecule has 0 amide bonds. The largest absolute Gasteiger partial charge is 0.313 e. The molecule has 1 rings (SSSR count). The Morgan fingerprint density at radius 1 is 1.18 bits per heavy atom. The summed E-state index contributed by atoms with van der Waals surface area (Å²) in [7, 11) is 0. The molecule has 0 saturated carbocycles. The van der Waals surface area contributed by atoms with Crippen LogP contribution in [0.2, 0.25) is 0 Å². The van der Waals surface area contributed by atoms with E-state index in [-0.39, 0.29) is 0 Å². The Hall–Kier alpha value is -0.0800. The molecule has 0 radical (unpaired) electrons. The maximum Gasteiger partial charge on any atom is 0.0197 e. The minimum atomic E-state index is 0.705. The van der Waals surface area contributed by atoms with Crippen LogP contribution in [-0.2, 0) is 0 Å². The van der Waals surface area contributed by atoms with Gasteiger partial charge in [0.25, 0.3) is 0 Å². The molecular formula is C15H32N2. The Morgan fingerprint density at radius 2 is 1.88 bits per heavy atom. The summed E-state index contributed by atoms with van der Waals surface area (Å²) in [6.45, 7) is 16.7. The molecule has 1 aliphatic rings. The Balaban J connectivity index is 2.42. The highest BCUT2D eigenvalue weighted by Gasteiger charge is 2.20. The van der Waals surface area contributed by atoms with Gasteiger partial charge < -0.3 is 10.2 Å². The zero-order valence-electron chi connectivity index (χ0n) is 12.5. The lowest BCUT2D eigenvalue weighted by Gasteiger charge is -2.29. The summed E-state index contributed by atoms with van der Waals surface area (Å²) in [4.78, 5) is 2.68. The first kappa shape index (κ1) is 15.0. The van der Waals surface area contributed by atoms with Crippen molar-refractivity contribution in [2.45, 2.75) is 53.5 Å². The quantitative estimate of drug-likeness (QED) is 0.795. The van der Waals surface area contributed by atoms with Crippen LogP contribution in [0.4, 0.5) is 0 Å². The molecular weight excluding hydrogens is 208 g/mol. The molecule has 0 aromatic carbocycles.